The Bertz CT molecular complexity index is 159. The molecule has 0 aromatic rings. The minimum Gasteiger partial charge on any atom is -0.131 e. The summed E-state index contributed by atoms with van der Waals surface area (Å²) in [4.78, 5) is 0. The third kappa shape index (κ3) is 1.92. The van der Waals surface area contributed by atoms with E-state index in [1.807, 2.05) is 6.08 Å². The van der Waals surface area contributed by atoms with Gasteiger partial charge in [-0.2, -0.15) is 0 Å². The second kappa shape index (κ2) is 3.34. The van der Waals surface area contributed by atoms with Gasteiger partial charge in [0.1, 0.15) is 7.85 Å². The summed E-state index contributed by atoms with van der Waals surface area (Å²) in [6, 6.07) is 0. The number of allylic oxidation sites excluding steroid dienone is 5. The SMILES string of the molecule is [B]/C=C/C1=CCCC=C1. The van der Waals surface area contributed by atoms with Gasteiger partial charge in [-0.3, -0.25) is 0 Å². The highest BCUT2D eigenvalue weighted by molar-refractivity contribution is 6.17. The van der Waals surface area contributed by atoms with Gasteiger partial charge in [0, 0.05) is 0 Å². The number of hydrogen-bond acceptors (Lipinski definition) is 0. The predicted octanol–water partition coefficient (Wildman–Crippen LogP) is 1.95. The fourth-order valence-corrected chi connectivity index (χ4v) is 0.868. The van der Waals surface area contributed by atoms with Crippen molar-refractivity contribution in [1.29, 1.82) is 0 Å². The Morgan fingerprint density at radius 3 is 2.89 bits per heavy atom. The van der Waals surface area contributed by atoms with Crippen molar-refractivity contribution in [2.75, 3.05) is 0 Å². The van der Waals surface area contributed by atoms with E-state index in [-0.39, 0.29) is 0 Å². The second-order valence-corrected chi connectivity index (χ2v) is 2.04. The quantitative estimate of drug-likeness (QED) is 0.459. The van der Waals surface area contributed by atoms with Crippen LogP contribution in [0.25, 0.3) is 0 Å². The summed E-state index contributed by atoms with van der Waals surface area (Å²) in [5.41, 5.74) is 1.23. The summed E-state index contributed by atoms with van der Waals surface area (Å²) < 4.78 is 0. The van der Waals surface area contributed by atoms with E-state index in [2.05, 4.69) is 18.2 Å². The Kier molecular flexibility index (Phi) is 2.38. The molecule has 0 saturated heterocycles. The van der Waals surface area contributed by atoms with Crippen LogP contribution in [0.2, 0.25) is 0 Å². The van der Waals surface area contributed by atoms with Crippen LogP contribution in [0.15, 0.2) is 35.9 Å². The van der Waals surface area contributed by atoms with Crippen molar-refractivity contribution in [3.05, 3.63) is 35.9 Å². The lowest BCUT2D eigenvalue weighted by Crippen LogP contribution is -1.79. The number of hydrogen-bond donors (Lipinski definition) is 0. The maximum Gasteiger partial charge on any atom is 0.102 e. The van der Waals surface area contributed by atoms with Crippen LogP contribution in [0.3, 0.4) is 0 Å². The molecular weight excluding hydrogens is 107 g/mol. The minimum absolute atomic E-state index is 1.15. The molecule has 0 aliphatic heterocycles. The van der Waals surface area contributed by atoms with Gasteiger partial charge in [-0.15, -0.1) is 5.98 Å². The van der Waals surface area contributed by atoms with Gasteiger partial charge < -0.3 is 0 Å². The topological polar surface area (TPSA) is 0 Å². The summed E-state index contributed by atoms with van der Waals surface area (Å²) in [5, 5.41) is 0. The summed E-state index contributed by atoms with van der Waals surface area (Å²) in [5.74, 6) is 1.57. The molecule has 0 nitrogen and oxygen atoms in total. The van der Waals surface area contributed by atoms with E-state index in [0.717, 1.165) is 6.42 Å². The van der Waals surface area contributed by atoms with Crippen LogP contribution >= 0.6 is 0 Å². The Labute approximate surface area is 57.4 Å². The second-order valence-electron chi connectivity index (χ2n) is 2.04. The first-order valence-corrected chi connectivity index (χ1v) is 3.18. The Morgan fingerprint density at radius 2 is 2.33 bits per heavy atom. The van der Waals surface area contributed by atoms with Gasteiger partial charge in [0.25, 0.3) is 0 Å². The highest BCUT2D eigenvalue weighted by Gasteiger charge is 1.89. The molecule has 1 rings (SSSR count). The first-order valence-electron chi connectivity index (χ1n) is 3.18. The molecule has 0 atom stereocenters. The van der Waals surface area contributed by atoms with Crippen molar-refractivity contribution < 1.29 is 0 Å². The van der Waals surface area contributed by atoms with E-state index in [1.165, 1.54) is 12.0 Å². The molecule has 1 aliphatic rings. The lowest BCUT2D eigenvalue weighted by Gasteiger charge is -1.99. The Morgan fingerprint density at radius 1 is 1.44 bits per heavy atom. The van der Waals surface area contributed by atoms with Crippen LogP contribution in [0, 0.1) is 0 Å². The van der Waals surface area contributed by atoms with Crippen LogP contribution in [0.1, 0.15) is 12.8 Å². The van der Waals surface area contributed by atoms with E-state index >= 15 is 0 Å². The fraction of sp³-hybridized carbons (Fsp3) is 0.250. The van der Waals surface area contributed by atoms with Crippen molar-refractivity contribution in [2.45, 2.75) is 12.8 Å². The molecule has 0 bridgehead atoms. The summed E-state index contributed by atoms with van der Waals surface area (Å²) in [7, 11) is 5.20. The smallest absolute Gasteiger partial charge is 0.102 e. The molecule has 9 heavy (non-hydrogen) atoms. The summed E-state index contributed by atoms with van der Waals surface area (Å²) in [6.07, 6.45) is 10.7. The molecule has 1 aliphatic carbocycles. The molecule has 0 heterocycles. The van der Waals surface area contributed by atoms with Crippen LogP contribution in [0.4, 0.5) is 0 Å². The van der Waals surface area contributed by atoms with Gasteiger partial charge in [-0.25, -0.2) is 0 Å². The molecule has 0 saturated carbocycles. The maximum absolute atomic E-state index is 5.20. The molecule has 44 valence electrons. The Balaban J connectivity index is 2.58. The van der Waals surface area contributed by atoms with Gasteiger partial charge >= 0.3 is 0 Å². The average molecular weight is 116 g/mol. The molecule has 0 amide bonds. The molecule has 1 heteroatoms. The highest BCUT2D eigenvalue weighted by atomic mass is 13.9. The molecule has 2 radical (unpaired) electrons. The van der Waals surface area contributed by atoms with E-state index in [9.17, 15) is 0 Å². The van der Waals surface area contributed by atoms with Crippen LogP contribution in [-0.2, 0) is 0 Å². The molecule has 0 aromatic heterocycles. The molecule has 0 unspecified atom stereocenters. The first-order chi connectivity index (χ1) is 4.43. The van der Waals surface area contributed by atoms with Gasteiger partial charge in [-0.05, 0) is 18.4 Å². The van der Waals surface area contributed by atoms with Crippen molar-refractivity contribution in [1.82, 2.24) is 0 Å². The van der Waals surface area contributed by atoms with Crippen molar-refractivity contribution in [3.8, 4) is 0 Å². The number of rotatable bonds is 1. The lowest BCUT2D eigenvalue weighted by molar-refractivity contribution is 1.03. The van der Waals surface area contributed by atoms with E-state index < -0.39 is 0 Å². The highest BCUT2D eigenvalue weighted by Crippen LogP contribution is 2.09. The van der Waals surface area contributed by atoms with Crippen molar-refractivity contribution >= 4 is 7.85 Å². The van der Waals surface area contributed by atoms with E-state index in [0.29, 0.717) is 0 Å². The Hall–Kier alpha value is -0.715. The third-order valence-corrected chi connectivity index (χ3v) is 1.31. The van der Waals surface area contributed by atoms with Gasteiger partial charge in [0.2, 0.25) is 0 Å². The standard InChI is InChI=1S/C8H9B/c9-7-6-8-4-2-1-3-5-8/h2,4-7H,1,3H2/b7-6+. The summed E-state index contributed by atoms with van der Waals surface area (Å²) >= 11 is 0. The fourth-order valence-electron chi connectivity index (χ4n) is 0.868. The molecule has 0 fully saturated rings. The van der Waals surface area contributed by atoms with Crippen LogP contribution in [0.5, 0.6) is 0 Å². The molecule has 0 aromatic carbocycles. The van der Waals surface area contributed by atoms with Crippen LogP contribution in [-0.4, -0.2) is 7.85 Å². The molecule has 0 N–H and O–H groups in total. The van der Waals surface area contributed by atoms with Crippen LogP contribution < -0.4 is 0 Å². The first kappa shape index (κ1) is 6.41. The zero-order valence-corrected chi connectivity index (χ0v) is 5.38. The zero-order valence-electron chi connectivity index (χ0n) is 5.38. The van der Waals surface area contributed by atoms with E-state index in [4.69, 9.17) is 7.85 Å². The molecule has 0 spiro atoms. The average Bonchev–Trinajstić information content (AvgIpc) is 1.91. The van der Waals surface area contributed by atoms with Gasteiger partial charge in [0.05, 0.1) is 0 Å². The maximum atomic E-state index is 5.20. The zero-order chi connectivity index (χ0) is 6.53. The summed E-state index contributed by atoms with van der Waals surface area (Å²) in [6.45, 7) is 0. The normalized spacial score (nSPS) is 18.4. The monoisotopic (exact) mass is 116 g/mol. The van der Waals surface area contributed by atoms with Crippen molar-refractivity contribution in [3.63, 3.8) is 0 Å². The van der Waals surface area contributed by atoms with Gasteiger partial charge in [-0.1, -0.05) is 24.3 Å². The predicted molar refractivity (Wildman–Crippen MR) is 41.4 cm³/mol. The largest absolute Gasteiger partial charge is 0.131 e. The van der Waals surface area contributed by atoms with Gasteiger partial charge in [0.15, 0.2) is 0 Å². The third-order valence-electron chi connectivity index (χ3n) is 1.31. The van der Waals surface area contributed by atoms with Crippen molar-refractivity contribution in [2.24, 2.45) is 0 Å². The molecular formula is C8H9B. The van der Waals surface area contributed by atoms with E-state index in [1.54, 1.807) is 5.98 Å². The minimum atomic E-state index is 1.15. The lowest BCUT2D eigenvalue weighted by atomic mass is 10.0.